The Morgan fingerprint density at radius 2 is 1.93 bits per heavy atom. The Labute approximate surface area is 173 Å². The van der Waals surface area contributed by atoms with Gasteiger partial charge in [0.2, 0.25) is 0 Å². The number of rotatable bonds is 8. The van der Waals surface area contributed by atoms with E-state index < -0.39 is 42.5 Å². The van der Waals surface area contributed by atoms with E-state index in [1.54, 1.807) is 26.0 Å². The first kappa shape index (κ1) is 21.4. The van der Waals surface area contributed by atoms with Gasteiger partial charge in [-0.3, -0.25) is 19.3 Å². The molecule has 1 saturated heterocycles. The minimum Gasteiger partial charge on any atom is -0.486 e. The zero-order valence-corrected chi connectivity index (χ0v) is 16.9. The van der Waals surface area contributed by atoms with Crippen LogP contribution in [0.4, 0.5) is 4.79 Å². The van der Waals surface area contributed by atoms with E-state index in [-0.39, 0.29) is 19.3 Å². The molecule has 0 aliphatic carbocycles. The van der Waals surface area contributed by atoms with E-state index in [0.717, 1.165) is 4.90 Å². The van der Waals surface area contributed by atoms with Crippen molar-refractivity contribution in [3.63, 3.8) is 0 Å². The molecule has 0 unspecified atom stereocenters. The third-order valence-corrected chi connectivity index (χ3v) is 5.20. The van der Waals surface area contributed by atoms with Crippen molar-refractivity contribution < 1.29 is 33.4 Å². The average molecular weight is 419 g/mol. The lowest BCUT2D eigenvalue weighted by Crippen LogP contribution is -2.46. The van der Waals surface area contributed by atoms with Crippen molar-refractivity contribution in [1.82, 2.24) is 15.5 Å². The third-order valence-electron chi connectivity index (χ3n) is 5.20. The molecule has 0 bridgehead atoms. The molecule has 3 rings (SSSR count). The summed E-state index contributed by atoms with van der Waals surface area (Å²) in [4.78, 5) is 49.3. The Bertz CT molecular complexity index is 837. The van der Waals surface area contributed by atoms with Crippen LogP contribution in [0.25, 0.3) is 0 Å². The molecule has 162 valence electrons. The number of para-hydroxylation sites is 2. The van der Waals surface area contributed by atoms with Crippen LogP contribution in [-0.4, -0.2) is 66.7 Å². The Morgan fingerprint density at radius 1 is 1.23 bits per heavy atom. The van der Waals surface area contributed by atoms with Crippen molar-refractivity contribution in [2.45, 2.75) is 38.3 Å². The molecular formula is C20H25N3O7. The van der Waals surface area contributed by atoms with Gasteiger partial charge in [0.1, 0.15) is 24.8 Å². The van der Waals surface area contributed by atoms with Crippen molar-refractivity contribution in [3.8, 4) is 11.5 Å². The van der Waals surface area contributed by atoms with E-state index in [2.05, 4.69) is 10.6 Å². The number of hydrogen-bond donors (Lipinski definition) is 2. The van der Waals surface area contributed by atoms with Gasteiger partial charge in [0.15, 0.2) is 18.1 Å². The quantitative estimate of drug-likeness (QED) is 0.467. The molecule has 1 fully saturated rings. The van der Waals surface area contributed by atoms with Crippen LogP contribution in [0.15, 0.2) is 24.3 Å². The van der Waals surface area contributed by atoms with Gasteiger partial charge >= 0.3 is 12.0 Å². The van der Waals surface area contributed by atoms with Crippen LogP contribution in [0, 0.1) is 0 Å². The smallest absolute Gasteiger partial charge is 0.326 e. The number of amides is 4. The summed E-state index contributed by atoms with van der Waals surface area (Å²) in [5.41, 5.74) is -0.991. The van der Waals surface area contributed by atoms with Gasteiger partial charge in [-0.1, -0.05) is 26.0 Å². The largest absolute Gasteiger partial charge is 0.486 e. The van der Waals surface area contributed by atoms with Gasteiger partial charge < -0.3 is 24.8 Å². The van der Waals surface area contributed by atoms with Crippen molar-refractivity contribution in [3.05, 3.63) is 24.3 Å². The predicted molar refractivity (Wildman–Crippen MR) is 104 cm³/mol. The first-order valence-corrected chi connectivity index (χ1v) is 9.83. The molecule has 10 heteroatoms. The fraction of sp³-hybridized carbons (Fsp3) is 0.500. The SMILES string of the molecule is CCC1(CC)NC(=O)N(CC(=O)OCC(=O)NC[C@H]2COc3ccccc3O2)C1=O. The highest BCUT2D eigenvalue weighted by molar-refractivity contribution is 6.08. The fourth-order valence-electron chi connectivity index (χ4n) is 3.31. The normalized spacial score (nSPS) is 19.3. The highest BCUT2D eigenvalue weighted by Gasteiger charge is 2.49. The molecular weight excluding hydrogens is 394 g/mol. The number of imide groups is 1. The molecule has 1 atom stereocenters. The Morgan fingerprint density at radius 3 is 2.60 bits per heavy atom. The molecule has 2 aliphatic rings. The number of fused-ring (bicyclic) bond motifs is 1. The van der Waals surface area contributed by atoms with Gasteiger partial charge in [-0.2, -0.15) is 0 Å². The van der Waals surface area contributed by atoms with Crippen LogP contribution in [-0.2, 0) is 19.1 Å². The van der Waals surface area contributed by atoms with Crippen molar-refractivity contribution in [1.29, 1.82) is 0 Å². The number of benzene rings is 1. The zero-order valence-electron chi connectivity index (χ0n) is 16.9. The zero-order chi connectivity index (χ0) is 21.7. The molecule has 0 radical (unpaired) electrons. The summed E-state index contributed by atoms with van der Waals surface area (Å²) in [7, 11) is 0. The van der Waals surface area contributed by atoms with E-state index in [1.165, 1.54) is 0 Å². The maximum atomic E-state index is 12.5. The lowest BCUT2D eigenvalue weighted by Gasteiger charge is -2.26. The molecule has 0 aromatic heterocycles. The summed E-state index contributed by atoms with van der Waals surface area (Å²) < 4.78 is 16.2. The topological polar surface area (TPSA) is 123 Å². The summed E-state index contributed by atoms with van der Waals surface area (Å²) in [6, 6.07) is 6.58. The number of urea groups is 1. The second-order valence-electron chi connectivity index (χ2n) is 7.07. The number of hydrogen-bond acceptors (Lipinski definition) is 7. The number of nitrogens with one attached hydrogen (secondary N) is 2. The van der Waals surface area contributed by atoms with Gasteiger partial charge in [0.05, 0.1) is 6.54 Å². The van der Waals surface area contributed by atoms with E-state index >= 15 is 0 Å². The molecule has 1 aromatic carbocycles. The van der Waals surface area contributed by atoms with Crippen LogP contribution >= 0.6 is 0 Å². The minimum atomic E-state index is -0.991. The second-order valence-corrected chi connectivity index (χ2v) is 7.07. The highest BCUT2D eigenvalue weighted by Crippen LogP contribution is 2.30. The van der Waals surface area contributed by atoms with Crippen molar-refractivity contribution in [2.24, 2.45) is 0 Å². The molecule has 2 aliphatic heterocycles. The molecule has 2 heterocycles. The van der Waals surface area contributed by atoms with Gasteiger partial charge in [0.25, 0.3) is 11.8 Å². The van der Waals surface area contributed by atoms with Gasteiger partial charge in [-0.05, 0) is 25.0 Å². The number of carbonyl (C=O) groups excluding carboxylic acids is 4. The Balaban J connectivity index is 1.40. The fourth-order valence-corrected chi connectivity index (χ4v) is 3.31. The Hall–Kier alpha value is -3.30. The lowest BCUT2D eigenvalue weighted by molar-refractivity contribution is -0.151. The first-order chi connectivity index (χ1) is 14.4. The predicted octanol–water partition coefficient (Wildman–Crippen LogP) is 0.596. The first-order valence-electron chi connectivity index (χ1n) is 9.83. The summed E-state index contributed by atoms with van der Waals surface area (Å²) in [6.07, 6.45) is 0.459. The lowest BCUT2D eigenvalue weighted by atomic mass is 9.93. The van der Waals surface area contributed by atoms with Crippen LogP contribution in [0.2, 0.25) is 0 Å². The van der Waals surface area contributed by atoms with Gasteiger partial charge in [-0.15, -0.1) is 0 Å². The van der Waals surface area contributed by atoms with E-state index in [4.69, 9.17) is 14.2 Å². The summed E-state index contributed by atoms with van der Waals surface area (Å²) in [6.45, 7) is 2.95. The third kappa shape index (κ3) is 4.47. The van der Waals surface area contributed by atoms with Crippen LogP contribution in [0.3, 0.4) is 0 Å². The van der Waals surface area contributed by atoms with E-state index in [0.29, 0.717) is 24.3 Å². The van der Waals surface area contributed by atoms with E-state index in [9.17, 15) is 19.2 Å². The van der Waals surface area contributed by atoms with Crippen LogP contribution < -0.4 is 20.1 Å². The highest BCUT2D eigenvalue weighted by atomic mass is 16.6. The van der Waals surface area contributed by atoms with Crippen LogP contribution in [0.5, 0.6) is 11.5 Å². The van der Waals surface area contributed by atoms with E-state index in [1.807, 2.05) is 12.1 Å². The summed E-state index contributed by atoms with van der Waals surface area (Å²) in [5, 5.41) is 5.23. The van der Waals surface area contributed by atoms with Crippen molar-refractivity contribution >= 4 is 23.8 Å². The summed E-state index contributed by atoms with van der Waals surface area (Å²) >= 11 is 0. The maximum Gasteiger partial charge on any atom is 0.326 e. The summed E-state index contributed by atoms with van der Waals surface area (Å²) in [5.74, 6) is -0.598. The molecule has 1 aromatic rings. The molecule has 4 amide bonds. The average Bonchev–Trinajstić information content (AvgIpc) is 3.00. The molecule has 10 nitrogen and oxygen atoms in total. The monoisotopic (exact) mass is 419 g/mol. The van der Waals surface area contributed by atoms with Gasteiger partial charge in [0, 0.05) is 0 Å². The minimum absolute atomic E-state index is 0.174. The number of carbonyl (C=O) groups is 4. The van der Waals surface area contributed by atoms with Crippen molar-refractivity contribution in [2.75, 3.05) is 26.3 Å². The maximum absolute atomic E-state index is 12.5. The number of nitrogens with zero attached hydrogens (tertiary/aromatic N) is 1. The molecule has 0 saturated carbocycles. The standard InChI is InChI=1S/C20H25N3O7/c1-3-20(4-2)18(26)23(19(27)22-20)10-17(25)29-12-16(24)21-9-13-11-28-14-7-5-6-8-15(14)30-13/h5-8,13H,3-4,9-12H2,1-2H3,(H,21,24)(H,22,27)/t13-/m0/s1. The molecule has 0 spiro atoms. The number of ether oxygens (including phenoxy) is 3. The number of esters is 1. The Kier molecular flexibility index (Phi) is 6.43. The van der Waals surface area contributed by atoms with Gasteiger partial charge in [-0.25, -0.2) is 4.79 Å². The second kappa shape index (κ2) is 9.02. The van der Waals surface area contributed by atoms with Crippen LogP contribution in [0.1, 0.15) is 26.7 Å². The molecule has 2 N–H and O–H groups in total. The molecule has 30 heavy (non-hydrogen) atoms.